The van der Waals surface area contributed by atoms with Crippen LogP contribution in [0.4, 0.5) is 10.2 Å². The van der Waals surface area contributed by atoms with Gasteiger partial charge in [0.25, 0.3) is 0 Å². The molecule has 5 unspecified atom stereocenters. The van der Waals surface area contributed by atoms with Crippen LogP contribution in [0.3, 0.4) is 0 Å². The van der Waals surface area contributed by atoms with Gasteiger partial charge in [0.05, 0.1) is 6.33 Å². The third kappa shape index (κ3) is 2.24. The summed E-state index contributed by atoms with van der Waals surface area (Å²) in [6.45, 7) is 0. The Morgan fingerprint density at radius 2 is 2.14 bits per heavy atom. The van der Waals surface area contributed by atoms with E-state index < -0.39 is 30.0 Å². The number of nitrogens with zero attached hydrogens (tertiary/aromatic N) is 4. The summed E-state index contributed by atoms with van der Waals surface area (Å²) in [6.07, 6.45) is -0.578. The van der Waals surface area contributed by atoms with E-state index >= 15 is 0 Å². The Bertz CT molecular complexity index is 656. The molecule has 0 amide bonds. The number of nitrogens with two attached hydrogens (primary N) is 1. The van der Waals surface area contributed by atoms with E-state index in [0.717, 1.165) is 11.8 Å². The number of halogens is 1. The average molecular weight is 315 g/mol. The zero-order valence-corrected chi connectivity index (χ0v) is 11.8. The first-order valence-corrected chi connectivity index (χ1v) is 7.45. The molecule has 10 heteroatoms. The Kier molecular flexibility index (Phi) is 3.69. The highest BCUT2D eigenvalue weighted by atomic mass is 32.2. The lowest BCUT2D eigenvalue weighted by molar-refractivity contribution is -0.0460. The summed E-state index contributed by atoms with van der Waals surface area (Å²) in [6, 6.07) is 0. The van der Waals surface area contributed by atoms with Gasteiger partial charge in [-0.2, -0.15) is 0 Å². The minimum atomic E-state index is -1.45. The molecule has 114 valence electrons. The van der Waals surface area contributed by atoms with Crippen LogP contribution in [0.5, 0.6) is 0 Å². The summed E-state index contributed by atoms with van der Waals surface area (Å²) in [5.41, 5.74) is 4.94. The molecule has 1 fully saturated rings. The topological polar surface area (TPSA) is 119 Å². The average Bonchev–Trinajstić information content (AvgIpc) is 3.02. The van der Waals surface area contributed by atoms with Crippen LogP contribution in [0.1, 0.15) is 6.23 Å². The van der Waals surface area contributed by atoms with Crippen molar-refractivity contribution in [2.45, 2.75) is 30.0 Å². The lowest BCUT2D eigenvalue weighted by Crippen LogP contribution is -2.35. The predicted octanol–water partition coefficient (Wildman–Crippen LogP) is -0.314. The van der Waals surface area contributed by atoms with Gasteiger partial charge in [-0.05, 0) is 6.26 Å². The molecule has 21 heavy (non-hydrogen) atoms. The number of hydrogen-bond donors (Lipinski definition) is 3. The van der Waals surface area contributed by atoms with Crippen molar-refractivity contribution in [1.82, 2.24) is 19.5 Å². The number of aliphatic hydroxyl groups is 2. The fourth-order valence-electron chi connectivity index (χ4n) is 2.32. The zero-order valence-electron chi connectivity index (χ0n) is 11.0. The first kappa shape index (κ1) is 14.4. The number of imidazole rings is 1. The maximum atomic E-state index is 13.8. The summed E-state index contributed by atoms with van der Waals surface area (Å²) in [7, 11) is 0. The number of hydrogen-bond acceptors (Lipinski definition) is 8. The molecule has 1 aliphatic heterocycles. The highest BCUT2D eigenvalue weighted by molar-refractivity contribution is 7.99. The van der Waals surface area contributed by atoms with Gasteiger partial charge in [-0.3, -0.25) is 4.57 Å². The number of ether oxygens (including phenoxy) is 1. The van der Waals surface area contributed by atoms with Crippen LogP contribution >= 0.6 is 11.8 Å². The molecule has 4 N–H and O–H groups in total. The van der Waals surface area contributed by atoms with Crippen molar-refractivity contribution < 1.29 is 19.3 Å². The maximum absolute atomic E-state index is 13.8. The van der Waals surface area contributed by atoms with Gasteiger partial charge in [0, 0.05) is 0 Å². The highest BCUT2D eigenvalue weighted by Gasteiger charge is 2.47. The van der Waals surface area contributed by atoms with Gasteiger partial charge >= 0.3 is 0 Å². The van der Waals surface area contributed by atoms with E-state index in [1.165, 1.54) is 17.2 Å². The van der Waals surface area contributed by atoms with E-state index in [4.69, 9.17) is 10.5 Å². The third-order valence-corrected chi connectivity index (χ3v) is 4.14. The van der Waals surface area contributed by atoms with E-state index in [1.807, 2.05) is 0 Å². The number of aliphatic hydroxyl groups excluding tert-OH is 2. The van der Waals surface area contributed by atoms with E-state index in [2.05, 4.69) is 15.0 Å². The van der Waals surface area contributed by atoms with Gasteiger partial charge in [-0.15, -0.1) is 11.8 Å². The molecule has 1 aliphatic rings. The lowest BCUT2D eigenvalue weighted by atomic mass is 10.1. The van der Waals surface area contributed by atoms with Crippen molar-refractivity contribution in [2.75, 3.05) is 12.0 Å². The largest absolute Gasteiger partial charge is 0.387 e. The number of fused-ring (bicyclic) bond motifs is 1. The number of nitrogen functional groups attached to an aromatic ring is 1. The molecule has 1 saturated heterocycles. The molecule has 0 aliphatic carbocycles. The molecule has 0 spiro atoms. The van der Waals surface area contributed by atoms with Crippen LogP contribution in [0.2, 0.25) is 0 Å². The van der Waals surface area contributed by atoms with Gasteiger partial charge in [0.1, 0.15) is 30.2 Å². The number of anilines is 1. The van der Waals surface area contributed by atoms with E-state index in [0.29, 0.717) is 11.2 Å². The molecule has 0 radical (unpaired) electrons. The van der Waals surface area contributed by atoms with Crippen molar-refractivity contribution in [2.24, 2.45) is 0 Å². The summed E-state index contributed by atoms with van der Waals surface area (Å²) in [5, 5.41) is 20.0. The van der Waals surface area contributed by atoms with E-state index in [-0.39, 0.29) is 5.82 Å². The Morgan fingerprint density at radius 1 is 1.38 bits per heavy atom. The lowest BCUT2D eigenvalue weighted by Gasteiger charge is -2.17. The Morgan fingerprint density at radius 3 is 2.86 bits per heavy atom. The minimum absolute atomic E-state index is 0.191. The standard InChI is InChI=1S/C11H14FN5O3S/c1-21-8(12)7-5(18)6(19)11(20-7)17-3-16-4-9(13)14-2-15-10(4)17/h2-3,5-8,11,18-19H,1H3,(H2,13,14,15). The first-order chi connectivity index (χ1) is 10.0. The van der Waals surface area contributed by atoms with Crippen molar-refractivity contribution >= 4 is 28.7 Å². The summed E-state index contributed by atoms with van der Waals surface area (Å²) >= 11 is 0.900. The van der Waals surface area contributed by atoms with Gasteiger partial charge in [0.2, 0.25) is 0 Å². The first-order valence-electron chi connectivity index (χ1n) is 6.16. The molecule has 0 aromatic carbocycles. The van der Waals surface area contributed by atoms with E-state index in [1.54, 1.807) is 6.26 Å². The summed E-state index contributed by atoms with van der Waals surface area (Å²) in [5.74, 6) is 0.191. The van der Waals surface area contributed by atoms with Gasteiger partial charge < -0.3 is 20.7 Å². The molecule has 5 atom stereocenters. The Balaban J connectivity index is 1.98. The predicted molar refractivity (Wildman–Crippen MR) is 74.1 cm³/mol. The zero-order chi connectivity index (χ0) is 15.1. The second-order valence-corrected chi connectivity index (χ2v) is 5.56. The van der Waals surface area contributed by atoms with Crippen molar-refractivity contribution in [3.8, 4) is 0 Å². The van der Waals surface area contributed by atoms with Crippen LogP contribution in [-0.2, 0) is 4.74 Å². The summed E-state index contributed by atoms with van der Waals surface area (Å²) in [4.78, 5) is 11.9. The monoisotopic (exact) mass is 315 g/mol. The number of thioether (sulfide) groups is 1. The summed E-state index contributed by atoms with van der Waals surface area (Å²) < 4.78 is 20.6. The number of aromatic nitrogens is 4. The highest BCUT2D eigenvalue weighted by Crippen LogP contribution is 2.36. The molecule has 2 aromatic heterocycles. The number of alkyl halides is 1. The fourth-order valence-corrected chi connectivity index (χ4v) is 2.82. The fraction of sp³-hybridized carbons (Fsp3) is 0.545. The van der Waals surface area contributed by atoms with Crippen LogP contribution < -0.4 is 5.73 Å². The Hall–Kier alpha value is -1.49. The molecular weight excluding hydrogens is 301 g/mol. The van der Waals surface area contributed by atoms with Crippen LogP contribution in [0.25, 0.3) is 11.2 Å². The maximum Gasteiger partial charge on any atom is 0.174 e. The van der Waals surface area contributed by atoms with Crippen LogP contribution in [0, 0.1) is 0 Å². The van der Waals surface area contributed by atoms with Gasteiger partial charge in [-0.1, -0.05) is 0 Å². The van der Waals surface area contributed by atoms with Gasteiger partial charge in [0.15, 0.2) is 23.2 Å². The quantitative estimate of drug-likeness (QED) is 0.705. The molecule has 3 heterocycles. The van der Waals surface area contributed by atoms with Crippen molar-refractivity contribution in [3.05, 3.63) is 12.7 Å². The molecule has 0 saturated carbocycles. The third-order valence-electron chi connectivity index (χ3n) is 3.42. The van der Waals surface area contributed by atoms with Crippen LogP contribution in [0.15, 0.2) is 12.7 Å². The molecular formula is C11H14FN5O3S. The molecule has 3 rings (SSSR count). The molecule has 2 aromatic rings. The smallest absolute Gasteiger partial charge is 0.174 e. The molecule has 8 nitrogen and oxygen atoms in total. The molecule has 0 bridgehead atoms. The number of rotatable bonds is 3. The normalized spacial score (nSPS) is 30.9. The van der Waals surface area contributed by atoms with Crippen molar-refractivity contribution in [1.29, 1.82) is 0 Å². The minimum Gasteiger partial charge on any atom is -0.387 e. The van der Waals surface area contributed by atoms with Crippen LogP contribution in [-0.4, -0.2) is 59.8 Å². The second kappa shape index (κ2) is 5.37. The SMILES string of the molecule is CSC(F)C1OC(n2cnc3c(N)ncnc32)C(O)C1O. The van der Waals surface area contributed by atoms with Gasteiger partial charge in [-0.25, -0.2) is 19.3 Å². The van der Waals surface area contributed by atoms with E-state index in [9.17, 15) is 14.6 Å². The van der Waals surface area contributed by atoms with Crippen molar-refractivity contribution in [3.63, 3.8) is 0 Å². The second-order valence-electron chi connectivity index (χ2n) is 4.64. The Labute approximate surface area is 123 Å².